The smallest absolute Gasteiger partial charge is 0.328 e. The molecule has 0 aliphatic carbocycles. The molecule has 0 saturated carbocycles. The number of carboxylic acids is 1. The van der Waals surface area contributed by atoms with Crippen LogP contribution < -0.4 is 14.2 Å². The van der Waals surface area contributed by atoms with Gasteiger partial charge < -0.3 is 19.3 Å². The van der Waals surface area contributed by atoms with Gasteiger partial charge in [-0.05, 0) is 54.8 Å². The number of benzene rings is 2. The van der Waals surface area contributed by atoms with Crippen molar-refractivity contribution >= 4 is 12.0 Å². The van der Waals surface area contributed by atoms with Crippen LogP contribution in [0.2, 0.25) is 0 Å². The molecule has 5 heteroatoms. The standard InChI is InChI=1S/C20H22O5/c1-14-4-5-15(2)18(12-14)24-10-11-25-19-13-16(7-9-20(21)22)6-8-17(19)23-3/h4-9,12-13H,10-11H2,1-3H3,(H,21,22). The van der Waals surface area contributed by atoms with Gasteiger partial charge in [0.25, 0.3) is 0 Å². The van der Waals surface area contributed by atoms with Crippen molar-refractivity contribution in [3.05, 3.63) is 59.2 Å². The number of aliphatic carboxylic acids is 1. The summed E-state index contributed by atoms with van der Waals surface area (Å²) in [5.74, 6) is 0.965. The second-order valence-corrected chi connectivity index (χ2v) is 5.55. The number of methoxy groups -OCH3 is 1. The van der Waals surface area contributed by atoms with E-state index in [0.717, 1.165) is 23.0 Å². The maximum Gasteiger partial charge on any atom is 0.328 e. The number of carboxylic acid groups (broad SMARTS) is 1. The fraction of sp³-hybridized carbons (Fsp3) is 0.250. The molecule has 132 valence electrons. The van der Waals surface area contributed by atoms with Gasteiger partial charge in [-0.15, -0.1) is 0 Å². The zero-order chi connectivity index (χ0) is 18.2. The van der Waals surface area contributed by atoms with Gasteiger partial charge in [0.05, 0.1) is 7.11 Å². The molecule has 0 amide bonds. The number of hydrogen-bond acceptors (Lipinski definition) is 4. The molecule has 0 spiro atoms. The molecule has 0 radical (unpaired) electrons. The number of carbonyl (C=O) groups is 1. The lowest BCUT2D eigenvalue weighted by Gasteiger charge is -2.13. The van der Waals surface area contributed by atoms with Crippen molar-refractivity contribution in [3.8, 4) is 17.2 Å². The minimum Gasteiger partial charge on any atom is -0.493 e. The second-order valence-electron chi connectivity index (χ2n) is 5.55. The van der Waals surface area contributed by atoms with Crippen molar-refractivity contribution in [1.82, 2.24) is 0 Å². The minimum atomic E-state index is -1.000. The van der Waals surface area contributed by atoms with E-state index >= 15 is 0 Å². The first kappa shape index (κ1) is 18.4. The minimum absolute atomic E-state index is 0.343. The molecule has 0 atom stereocenters. The lowest BCUT2D eigenvalue weighted by molar-refractivity contribution is -0.131. The first-order valence-corrected chi connectivity index (χ1v) is 7.91. The Kier molecular flexibility index (Phi) is 6.46. The summed E-state index contributed by atoms with van der Waals surface area (Å²) in [5, 5.41) is 8.71. The summed E-state index contributed by atoms with van der Waals surface area (Å²) in [6.07, 6.45) is 2.58. The quantitative estimate of drug-likeness (QED) is 0.583. The van der Waals surface area contributed by atoms with Crippen molar-refractivity contribution < 1.29 is 24.1 Å². The molecule has 0 saturated heterocycles. The Labute approximate surface area is 147 Å². The largest absolute Gasteiger partial charge is 0.493 e. The first-order chi connectivity index (χ1) is 12.0. The van der Waals surface area contributed by atoms with Crippen LogP contribution in [0.4, 0.5) is 0 Å². The molecular formula is C20H22O5. The van der Waals surface area contributed by atoms with Crippen molar-refractivity contribution in [2.75, 3.05) is 20.3 Å². The Hall–Kier alpha value is -2.95. The van der Waals surface area contributed by atoms with Gasteiger partial charge in [0.2, 0.25) is 0 Å². The van der Waals surface area contributed by atoms with Crippen molar-refractivity contribution in [2.45, 2.75) is 13.8 Å². The normalized spacial score (nSPS) is 10.7. The number of hydrogen-bond donors (Lipinski definition) is 1. The summed E-state index contributed by atoms with van der Waals surface area (Å²) in [4.78, 5) is 10.6. The van der Waals surface area contributed by atoms with Crippen LogP contribution in [0.15, 0.2) is 42.5 Å². The summed E-state index contributed by atoms with van der Waals surface area (Å²) in [7, 11) is 1.56. The van der Waals surface area contributed by atoms with Crippen LogP contribution in [0.3, 0.4) is 0 Å². The van der Waals surface area contributed by atoms with Crippen LogP contribution in [0.1, 0.15) is 16.7 Å². The van der Waals surface area contributed by atoms with Crippen LogP contribution in [0.5, 0.6) is 17.2 Å². The van der Waals surface area contributed by atoms with Crippen LogP contribution in [-0.4, -0.2) is 31.4 Å². The van der Waals surface area contributed by atoms with Crippen LogP contribution >= 0.6 is 0 Å². The third-order valence-electron chi connectivity index (χ3n) is 3.55. The molecule has 0 heterocycles. The molecule has 1 N–H and O–H groups in total. The zero-order valence-electron chi connectivity index (χ0n) is 14.6. The third kappa shape index (κ3) is 5.57. The molecule has 0 fully saturated rings. The highest BCUT2D eigenvalue weighted by Gasteiger charge is 2.06. The van der Waals surface area contributed by atoms with Crippen LogP contribution in [-0.2, 0) is 4.79 Å². The topological polar surface area (TPSA) is 65.0 Å². The fourth-order valence-electron chi connectivity index (χ4n) is 2.24. The van der Waals surface area contributed by atoms with E-state index < -0.39 is 5.97 Å². The van der Waals surface area contributed by atoms with Crippen LogP contribution in [0.25, 0.3) is 6.08 Å². The molecule has 5 nitrogen and oxygen atoms in total. The van der Waals surface area contributed by atoms with Gasteiger partial charge >= 0.3 is 5.97 Å². The van der Waals surface area contributed by atoms with Gasteiger partial charge in [0.1, 0.15) is 19.0 Å². The number of rotatable bonds is 8. The lowest BCUT2D eigenvalue weighted by Crippen LogP contribution is -2.10. The maximum atomic E-state index is 10.6. The third-order valence-corrected chi connectivity index (χ3v) is 3.55. The highest BCUT2D eigenvalue weighted by Crippen LogP contribution is 2.28. The van der Waals surface area contributed by atoms with Gasteiger partial charge in [0, 0.05) is 6.08 Å². The SMILES string of the molecule is COc1ccc(C=CC(=O)O)cc1OCCOc1cc(C)ccc1C. The average Bonchev–Trinajstić information content (AvgIpc) is 2.59. The Morgan fingerprint density at radius 2 is 1.72 bits per heavy atom. The highest BCUT2D eigenvalue weighted by atomic mass is 16.5. The van der Waals surface area contributed by atoms with Gasteiger partial charge in [-0.3, -0.25) is 0 Å². The summed E-state index contributed by atoms with van der Waals surface area (Å²) in [6.45, 7) is 4.75. The van der Waals surface area contributed by atoms with E-state index in [2.05, 4.69) is 0 Å². The Balaban J connectivity index is 1.98. The predicted molar refractivity (Wildman–Crippen MR) is 96.6 cm³/mol. The average molecular weight is 342 g/mol. The molecule has 0 aromatic heterocycles. The van der Waals surface area contributed by atoms with Gasteiger partial charge in [-0.25, -0.2) is 4.79 Å². The molecule has 2 aromatic carbocycles. The summed E-state index contributed by atoms with van der Waals surface area (Å²) in [5.41, 5.74) is 2.93. The summed E-state index contributed by atoms with van der Waals surface area (Å²) in [6, 6.07) is 11.3. The molecule has 0 aliphatic rings. The molecule has 25 heavy (non-hydrogen) atoms. The van der Waals surface area contributed by atoms with Gasteiger partial charge in [-0.2, -0.15) is 0 Å². The summed E-state index contributed by atoms with van der Waals surface area (Å²) >= 11 is 0. The van der Waals surface area contributed by atoms with E-state index in [4.69, 9.17) is 19.3 Å². The number of aryl methyl sites for hydroxylation is 2. The monoisotopic (exact) mass is 342 g/mol. The molecule has 0 unspecified atom stereocenters. The predicted octanol–water partition coefficient (Wildman–Crippen LogP) is 3.87. The van der Waals surface area contributed by atoms with E-state index in [1.165, 1.54) is 6.08 Å². The first-order valence-electron chi connectivity index (χ1n) is 7.91. The molecule has 2 aromatic rings. The van der Waals surface area contributed by atoms with Crippen molar-refractivity contribution in [2.24, 2.45) is 0 Å². The van der Waals surface area contributed by atoms with Gasteiger partial charge in [-0.1, -0.05) is 18.2 Å². The van der Waals surface area contributed by atoms with E-state index in [0.29, 0.717) is 30.3 Å². The number of ether oxygens (including phenoxy) is 3. The zero-order valence-corrected chi connectivity index (χ0v) is 14.6. The van der Waals surface area contributed by atoms with Crippen molar-refractivity contribution in [1.29, 1.82) is 0 Å². The van der Waals surface area contributed by atoms with E-state index in [9.17, 15) is 4.79 Å². The molecule has 2 rings (SSSR count). The lowest BCUT2D eigenvalue weighted by atomic mass is 10.1. The Morgan fingerprint density at radius 3 is 2.40 bits per heavy atom. The Bertz CT molecular complexity index is 765. The molecular weight excluding hydrogens is 320 g/mol. The van der Waals surface area contributed by atoms with Crippen molar-refractivity contribution in [3.63, 3.8) is 0 Å². The second kappa shape index (κ2) is 8.78. The summed E-state index contributed by atoms with van der Waals surface area (Å²) < 4.78 is 16.8. The van der Waals surface area contributed by atoms with E-state index in [1.807, 2.05) is 32.0 Å². The fourth-order valence-corrected chi connectivity index (χ4v) is 2.24. The van der Waals surface area contributed by atoms with E-state index in [1.54, 1.807) is 25.3 Å². The van der Waals surface area contributed by atoms with E-state index in [-0.39, 0.29) is 0 Å². The molecule has 0 aliphatic heterocycles. The van der Waals surface area contributed by atoms with Gasteiger partial charge in [0.15, 0.2) is 11.5 Å². The molecule has 0 bridgehead atoms. The highest BCUT2D eigenvalue weighted by molar-refractivity contribution is 5.85. The van der Waals surface area contributed by atoms with Crippen LogP contribution in [0, 0.1) is 13.8 Å². The maximum absolute atomic E-state index is 10.6. The Morgan fingerprint density at radius 1 is 1.00 bits per heavy atom.